The maximum Gasteiger partial charge on any atom is 0.125 e. The molecule has 0 saturated carbocycles. The second-order valence-electron chi connectivity index (χ2n) is 4.70. The first-order valence-corrected chi connectivity index (χ1v) is 6.10. The zero-order valence-electron chi connectivity index (χ0n) is 9.91. The quantitative estimate of drug-likeness (QED) is 0.862. The van der Waals surface area contributed by atoms with Crippen molar-refractivity contribution in [1.29, 1.82) is 0 Å². The van der Waals surface area contributed by atoms with Crippen molar-refractivity contribution in [2.75, 3.05) is 6.54 Å². The lowest BCUT2D eigenvalue weighted by Gasteiger charge is -2.13. The van der Waals surface area contributed by atoms with Crippen molar-refractivity contribution in [3.05, 3.63) is 29.8 Å². The summed E-state index contributed by atoms with van der Waals surface area (Å²) in [7, 11) is 0. The van der Waals surface area contributed by atoms with Gasteiger partial charge in [0.2, 0.25) is 0 Å². The Morgan fingerprint density at radius 2 is 2.41 bits per heavy atom. The number of aryl methyl sites for hydroxylation is 1. The molecule has 90 valence electrons. The monoisotopic (exact) mass is 233 g/mol. The van der Waals surface area contributed by atoms with E-state index >= 15 is 0 Å². The van der Waals surface area contributed by atoms with Gasteiger partial charge in [-0.3, -0.25) is 0 Å². The molecule has 1 atom stereocenters. The van der Waals surface area contributed by atoms with E-state index in [-0.39, 0.29) is 5.82 Å². The highest BCUT2D eigenvalue weighted by molar-refractivity contribution is 5.76. The lowest BCUT2D eigenvalue weighted by molar-refractivity contribution is 0.510. The normalized spacial score (nSPS) is 20.2. The molecule has 2 aromatic rings. The van der Waals surface area contributed by atoms with Gasteiger partial charge in [-0.2, -0.15) is 0 Å². The Morgan fingerprint density at radius 3 is 3.18 bits per heavy atom. The van der Waals surface area contributed by atoms with E-state index in [1.807, 2.05) is 13.0 Å². The van der Waals surface area contributed by atoms with E-state index in [9.17, 15) is 4.39 Å². The summed E-state index contributed by atoms with van der Waals surface area (Å²) in [5, 5.41) is 3.48. The number of aromatic nitrogens is 2. The predicted molar refractivity (Wildman–Crippen MR) is 65.5 cm³/mol. The third-order valence-electron chi connectivity index (χ3n) is 3.47. The minimum atomic E-state index is -0.221. The summed E-state index contributed by atoms with van der Waals surface area (Å²) in [5.41, 5.74) is 1.78. The number of hydrogen-bond acceptors (Lipinski definition) is 2. The summed E-state index contributed by atoms with van der Waals surface area (Å²) in [6.07, 6.45) is 2.45. The molecule has 1 aromatic carbocycles. The maximum atomic E-state index is 13.1. The van der Waals surface area contributed by atoms with Crippen molar-refractivity contribution in [2.45, 2.75) is 32.4 Å². The largest absolute Gasteiger partial charge is 0.327 e. The number of rotatable bonds is 2. The van der Waals surface area contributed by atoms with Gasteiger partial charge in [0.15, 0.2) is 0 Å². The van der Waals surface area contributed by atoms with Gasteiger partial charge in [-0.25, -0.2) is 9.37 Å². The number of nitrogens with one attached hydrogen (secondary N) is 1. The van der Waals surface area contributed by atoms with Crippen LogP contribution in [0.5, 0.6) is 0 Å². The molecule has 4 heteroatoms. The van der Waals surface area contributed by atoms with E-state index in [0.29, 0.717) is 6.04 Å². The van der Waals surface area contributed by atoms with Crippen molar-refractivity contribution in [3.63, 3.8) is 0 Å². The molecule has 1 aromatic heterocycles. The molecule has 1 fully saturated rings. The zero-order valence-corrected chi connectivity index (χ0v) is 9.91. The lowest BCUT2D eigenvalue weighted by atomic mass is 10.2. The lowest BCUT2D eigenvalue weighted by Crippen LogP contribution is -2.27. The molecule has 3 rings (SSSR count). The molecule has 2 heterocycles. The molecule has 1 aliphatic rings. The number of fused-ring (bicyclic) bond motifs is 1. The van der Waals surface area contributed by atoms with Gasteiger partial charge in [0, 0.05) is 18.7 Å². The Bertz CT molecular complexity index is 541. The first-order chi connectivity index (χ1) is 8.24. The van der Waals surface area contributed by atoms with E-state index in [1.54, 1.807) is 0 Å². The molecule has 0 aliphatic carbocycles. The van der Waals surface area contributed by atoms with Crippen LogP contribution in [-0.4, -0.2) is 22.1 Å². The molecule has 0 amide bonds. The first-order valence-electron chi connectivity index (χ1n) is 6.10. The molecule has 0 spiro atoms. The van der Waals surface area contributed by atoms with Crippen LogP contribution in [0.25, 0.3) is 11.0 Å². The minimum Gasteiger partial charge on any atom is -0.327 e. The first kappa shape index (κ1) is 10.7. The number of hydrogen-bond donors (Lipinski definition) is 1. The number of benzene rings is 1. The smallest absolute Gasteiger partial charge is 0.125 e. The molecular formula is C13H16FN3. The van der Waals surface area contributed by atoms with Gasteiger partial charge >= 0.3 is 0 Å². The third kappa shape index (κ3) is 1.93. The van der Waals surface area contributed by atoms with Crippen LogP contribution in [0, 0.1) is 12.7 Å². The molecule has 0 bridgehead atoms. The molecule has 17 heavy (non-hydrogen) atoms. The van der Waals surface area contributed by atoms with E-state index in [2.05, 4.69) is 14.9 Å². The van der Waals surface area contributed by atoms with Crippen molar-refractivity contribution in [3.8, 4) is 0 Å². The van der Waals surface area contributed by atoms with E-state index in [4.69, 9.17) is 0 Å². The fourth-order valence-corrected chi connectivity index (χ4v) is 2.59. The molecule has 0 radical (unpaired) electrons. The van der Waals surface area contributed by atoms with Gasteiger partial charge in [-0.1, -0.05) is 0 Å². The van der Waals surface area contributed by atoms with E-state index in [0.717, 1.165) is 29.9 Å². The van der Waals surface area contributed by atoms with E-state index in [1.165, 1.54) is 25.0 Å². The molecule has 1 unspecified atom stereocenters. The van der Waals surface area contributed by atoms with Crippen molar-refractivity contribution >= 4 is 11.0 Å². The van der Waals surface area contributed by atoms with Gasteiger partial charge in [-0.05, 0) is 38.4 Å². The predicted octanol–water partition coefficient (Wildman–Crippen LogP) is 2.24. The highest BCUT2D eigenvalue weighted by Gasteiger charge is 2.17. The SMILES string of the molecule is Cc1nc2cc(F)ccc2n1CC1CCCN1. The van der Waals surface area contributed by atoms with Crippen LogP contribution in [0.1, 0.15) is 18.7 Å². The van der Waals surface area contributed by atoms with Crippen molar-refractivity contribution in [2.24, 2.45) is 0 Å². The van der Waals surface area contributed by atoms with Crippen LogP contribution < -0.4 is 5.32 Å². The average Bonchev–Trinajstić information content (AvgIpc) is 2.88. The summed E-state index contributed by atoms with van der Waals surface area (Å²) in [6, 6.07) is 5.35. The number of halogens is 1. The summed E-state index contributed by atoms with van der Waals surface area (Å²) in [6.45, 7) is 4.01. The zero-order chi connectivity index (χ0) is 11.8. The van der Waals surface area contributed by atoms with Crippen LogP contribution in [0.4, 0.5) is 4.39 Å². The Hall–Kier alpha value is -1.42. The second kappa shape index (κ2) is 4.11. The topological polar surface area (TPSA) is 29.9 Å². The van der Waals surface area contributed by atoms with Gasteiger partial charge in [0.1, 0.15) is 11.6 Å². The van der Waals surface area contributed by atoms with Gasteiger partial charge < -0.3 is 9.88 Å². The van der Waals surface area contributed by atoms with Crippen LogP contribution in [-0.2, 0) is 6.54 Å². The summed E-state index contributed by atoms with van der Waals surface area (Å²) >= 11 is 0. The fourth-order valence-electron chi connectivity index (χ4n) is 2.59. The molecule has 1 saturated heterocycles. The van der Waals surface area contributed by atoms with Crippen LogP contribution in [0.3, 0.4) is 0 Å². The summed E-state index contributed by atoms with van der Waals surface area (Å²) < 4.78 is 15.3. The Kier molecular flexibility index (Phi) is 2.59. The van der Waals surface area contributed by atoms with Crippen LogP contribution >= 0.6 is 0 Å². The standard InChI is InChI=1S/C13H16FN3/c1-9-16-12-7-10(14)4-5-13(12)17(9)8-11-3-2-6-15-11/h4-5,7,11,15H,2-3,6,8H2,1H3. The van der Waals surface area contributed by atoms with Crippen LogP contribution in [0.15, 0.2) is 18.2 Å². The second-order valence-corrected chi connectivity index (χ2v) is 4.70. The average molecular weight is 233 g/mol. The number of nitrogens with zero attached hydrogens (tertiary/aromatic N) is 2. The third-order valence-corrected chi connectivity index (χ3v) is 3.47. The minimum absolute atomic E-state index is 0.221. The highest BCUT2D eigenvalue weighted by atomic mass is 19.1. The molecule has 1 N–H and O–H groups in total. The van der Waals surface area contributed by atoms with Crippen LogP contribution in [0.2, 0.25) is 0 Å². The molecular weight excluding hydrogens is 217 g/mol. The van der Waals surface area contributed by atoms with E-state index < -0.39 is 0 Å². The Balaban J connectivity index is 1.99. The molecule has 1 aliphatic heterocycles. The van der Waals surface area contributed by atoms with Gasteiger partial charge in [0.05, 0.1) is 11.0 Å². The summed E-state index contributed by atoms with van der Waals surface area (Å²) in [4.78, 5) is 4.41. The maximum absolute atomic E-state index is 13.1. The summed E-state index contributed by atoms with van der Waals surface area (Å²) in [5.74, 6) is 0.737. The highest BCUT2D eigenvalue weighted by Crippen LogP contribution is 2.19. The molecule has 3 nitrogen and oxygen atoms in total. The Morgan fingerprint density at radius 1 is 1.53 bits per heavy atom. The fraction of sp³-hybridized carbons (Fsp3) is 0.462. The van der Waals surface area contributed by atoms with Crippen molar-refractivity contribution < 1.29 is 4.39 Å². The Labute approximate surface area is 99.7 Å². The van der Waals surface area contributed by atoms with Gasteiger partial charge in [-0.15, -0.1) is 0 Å². The number of imidazole rings is 1. The van der Waals surface area contributed by atoms with Gasteiger partial charge in [0.25, 0.3) is 0 Å². The van der Waals surface area contributed by atoms with Crippen molar-refractivity contribution in [1.82, 2.24) is 14.9 Å².